The van der Waals surface area contributed by atoms with Crippen LogP contribution in [0.5, 0.6) is 0 Å². The van der Waals surface area contributed by atoms with Gasteiger partial charge in [0.2, 0.25) is 0 Å². The summed E-state index contributed by atoms with van der Waals surface area (Å²) in [5, 5.41) is 0.421. The average Bonchev–Trinajstić information content (AvgIpc) is 2.19. The van der Waals surface area contributed by atoms with Gasteiger partial charge in [-0.05, 0) is 12.1 Å². The van der Waals surface area contributed by atoms with Crippen molar-refractivity contribution >= 4 is 27.4 Å². The molecule has 1 aromatic carbocycles. The SMILES string of the molecule is CN(CC(=O)CBr)c1ccccc1. The number of anilines is 1. The summed E-state index contributed by atoms with van der Waals surface area (Å²) in [4.78, 5) is 13.0. The van der Waals surface area contributed by atoms with Gasteiger partial charge >= 0.3 is 0 Å². The Morgan fingerprint density at radius 3 is 2.54 bits per heavy atom. The predicted molar refractivity (Wildman–Crippen MR) is 58.5 cm³/mol. The van der Waals surface area contributed by atoms with Crippen molar-refractivity contribution < 1.29 is 4.79 Å². The Kier molecular flexibility index (Phi) is 3.96. The van der Waals surface area contributed by atoms with E-state index in [2.05, 4.69) is 15.9 Å². The quantitative estimate of drug-likeness (QED) is 0.753. The Labute approximate surface area is 86.7 Å². The van der Waals surface area contributed by atoms with Crippen LogP contribution in [0, 0.1) is 0 Å². The van der Waals surface area contributed by atoms with Crippen LogP contribution in [0.1, 0.15) is 0 Å². The summed E-state index contributed by atoms with van der Waals surface area (Å²) in [6.45, 7) is 0.454. The molecule has 3 heteroatoms. The molecule has 0 unspecified atom stereocenters. The molecule has 2 nitrogen and oxygen atoms in total. The molecule has 0 aliphatic carbocycles. The largest absolute Gasteiger partial charge is 0.367 e. The first-order valence-corrected chi connectivity index (χ1v) is 5.20. The minimum atomic E-state index is 0.186. The van der Waals surface area contributed by atoms with Crippen LogP contribution < -0.4 is 4.90 Å². The van der Waals surface area contributed by atoms with Crippen LogP contribution in [-0.2, 0) is 4.79 Å². The smallest absolute Gasteiger partial charge is 0.162 e. The highest BCUT2D eigenvalue weighted by molar-refractivity contribution is 9.09. The van der Waals surface area contributed by atoms with Gasteiger partial charge < -0.3 is 4.90 Å². The molecular formula is C10H12BrNO. The highest BCUT2D eigenvalue weighted by Crippen LogP contribution is 2.10. The third kappa shape index (κ3) is 3.19. The normalized spacial score (nSPS) is 9.69. The second-order valence-corrected chi connectivity index (χ2v) is 3.42. The number of hydrogen-bond donors (Lipinski definition) is 0. The van der Waals surface area contributed by atoms with Gasteiger partial charge in [-0.25, -0.2) is 0 Å². The molecule has 0 fully saturated rings. The molecule has 1 aromatic rings. The fourth-order valence-corrected chi connectivity index (χ4v) is 1.26. The first-order chi connectivity index (χ1) is 6.24. The summed E-state index contributed by atoms with van der Waals surface area (Å²) in [6.07, 6.45) is 0. The van der Waals surface area contributed by atoms with E-state index in [0.717, 1.165) is 5.69 Å². The van der Waals surface area contributed by atoms with Crippen LogP contribution in [0.4, 0.5) is 5.69 Å². The Morgan fingerprint density at radius 2 is 2.00 bits per heavy atom. The standard InChI is InChI=1S/C10H12BrNO/c1-12(8-10(13)7-11)9-5-3-2-4-6-9/h2-6H,7-8H2,1H3. The number of carbonyl (C=O) groups excluding carboxylic acids is 1. The highest BCUT2D eigenvalue weighted by Gasteiger charge is 2.04. The van der Waals surface area contributed by atoms with E-state index in [1.165, 1.54) is 0 Å². The molecule has 0 amide bonds. The van der Waals surface area contributed by atoms with E-state index >= 15 is 0 Å². The van der Waals surface area contributed by atoms with Gasteiger partial charge in [0.05, 0.1) is 11.9 Å². The first kappa shape index (κ1) is 10.3. The molecule has 0 heterocycles. The predicted octanol–water partition coefficient (Wildman–Crippen LogP) is 2.09. The van der Waals surface area contributed by atoms with E-state index in [1.807, 2.05) is 42.3 Å². The third-order valence-electron chi connectivity index (χ3n) is 1.76. The highest BCUT2D eigenvalue weighted by atomic mass is 79.9. The van der Waals surface area contributed by atoms with Gasteiger partial charge in [0, 0.05) is 12.7 Å². The molecule has 13 heavy (non-hydrogen) atoms. The van der Waals surface area contributed by atoms with Gasteiger partial charge in [0.15, 0.2) is 5.78 Å². The van der Waals surface area contributed by atoms with E-state index in [1.54, 1.807) is 0 Å². The van der Waals surface area contributed by atoms with Crippen LogP contribution >= 0.6 is 15.9 Å². The number of likely N-dealkylation sites (N-methyl/N-ethyl adjacent to an activating group) is 1. The van der Waals surface area contributed by atoms with Gasteiger partial charge in [0.25, 0.3) is 0 Å². The molecule has 0 atom stereocenters. The van der Waals surface area contributed by atoms with Crippen LogP contribution in [0.25, 0.3) is 0 Å². The molecule has 0 bridgehead atoms. The van der Waals surface area contributed by atoms with E-state index < -0.39 is 0 Å². The minimum Gasteiger partial charge on any atom is -0.367 e. The third-order valence-corrected chi connectivity index (χ3v) is 2.38. The molecule has 0 saturated carbocycles. The topological polar surface area (TPSA) is 20.3 Å². The number of benzene rings is 1. The van der Waals surface area contributed by atoms with E-state index in [4.69, 9.17) is 0 Å². The van der Waals surface area contributed by atoms with Gasteiger partial charge in [-0.15, -0.1) is 0 Å². The van der Waals surface area contributed by atoms with Crippen molar-refractivity contribution in [1.29, 1.82) is 0 Å². The zero-order chi connectivity index (χ0) is 9.68. The number of nitrogens with zero attached hydrogens (tertiary/aromatic N) is 1. The van der Waals surface area contributed by atoms with Gasteiger partial charge in [-0.3, -0.25) is 4.79 Å². The molecule has 0 saturated heterocycles. The molecule has 0 aliphatic rings. The lowest BCUT2D eigenvalue weighted by Gasteiger charge is -2.17. The first-order valence-electron chi connectivity index (χ1n) is 4.08. The molecule has 0 aliphatic heterocycles. The summed E-state index contributed by atoms with van der Waals surface area (Å²) in [6, 6.07) is 9.86. The van der Waals surface area contributed by atoms with Crippen LogP contribution in [0.3, 0.4) is 0 Å². The number of Topliss-reactive ketones (excluding diaryl/α,β-unsaturated/α-hetero) is 1. The minimum absolute atomic E-state index is 0.186. The fourth-order valence-electron chi connectivity index (χ4n) is 1.08. The van der Waals surface area contributed by atoms with Crippen LogP contribution in [-0.4, -0.2) is 24.7 Å². The second-order valence-electron chi connectivity index (χ2n) is 2.86. The number of alkyl halides is 1. The molecule has 0 aromatic heterocycles. The Bertz CT molecular complexity index is 274. The van der Waals surface area contributed by atoms with Crippen molar-refractivity contribution in [1.82, 2.24) is 0 Å². The Hall–Kier alpha value is -0.830. The lowest BCUT2D eigenvalue weighted by molar-refractivity contribution is -0.115. The van der Waals surface area contributed by atoms with E-state index in [9.17, 15) is 4.79 Å². The Balaban J connectivity index is 2.59. The summed E-state index contributed by atoms with van der Waals surface area (Å²) in [5.74, 6) is 0.186. The lowest BCUT2D eigenvalue weighted by atomic mass is 10.3. The van der Waals surface area contributed by atoms with Crippen molar-refractivity contribution in [3.05, 3.63) is 30.3 Å². The van der Waals surface area contributed by atoms with Crippen LogP contribution in [0.2, 0.25) is 0 Å². The Morgan fingerprint density at radius 1 is 1.38 bits per heavy atom. The summed E-state index contributed by atoms with van der Waals surface area (Å²) >= 11 is 3.14. The number of para-hydroxylation sites is 1. The van der Waals surface area contributed by atoms with E-state index in [0.29, 0.717) is 11.9 Å². The number of carbonyl (C=O) groups is 1. The number of hydrogen-bond acceptors (Lipinski definition) is 2. The fraction of sp³-hybridized carbons (Fsp3) is 0.300. The summed E-state index contributed by atoms with van der Waals surface area (Å²) < 4.78 is 0. The average molecular weight is 242 g/mol. The second kappa shape index (κ2) is 5.02. The van der Waals surface area contributed by atoms with E-state index in [-0.39, 0.29) is 5.78 Å². The van der Waals surface area contributed by atoms with Crippen molar-refractivity contribution in [3.8, 4) is 0 Å². The number of ketones is 1. The number of halogens is 1. The lowest BCUT2D eigenvalue weighted by Crippen LogP contribution is -2.25. The van der Waals surface area contributed by atoms with Crippen molar-refractivity contribution in [2.75, 3.05) is 23.8 Å². The van der Waals surface area contributed by atoms with Crippen molar-refractivity contribution in [2.45, 2.75) is 0 Å². The molecule has 0 radical (unpaired) electrons. The maximum Gasteiger partial charge on any atom is 0.162 e. The summed E-state index contributed by atoms with van der Waals surface area (Å²) in [7, 11) is 1.91. The van der Waals surface area contributed by atoms with Crippen molar-refractivity contribution in [2.24, 2.45) is 0 Å². The molecule has 0 N–H and O–H groups in total. The molecule has 1 rings (SSSR count). The monoisotopic (exact) mass is 241 g/mol. The number of rotatable bonds is 4. The van der Waals surface area contributed by atoms with Gasteiger partial charge in [-0.2, -0.15) is 0 Å². The van der Waals surface area contributed by atoms with Gasteiger partial charge in [-0.1, -0.05) is 34.1 Å². The maximum absolute atomic E-state index is 11.1. The molecular weight excluding hydrogens is 230 g/mol. The zero-order valence-electron chi connectivity index (χ0n) is 7.53. The zero-order valence-corrected chi connectivity index (χ0v) is 9.12. The maximum atomic E-state index is 11.1. The van der Waals surface area contributed by atoms with Crippen molar-refractivity contribution in [3.63, 3.8) is 0 Å². The van der Waals surface area contributed by atoms with Crippen LogP contribution in [0.15, 0.2) is 30.3 Å². The molecule has 70 valence electrons. The van der Waals surface area contributed by atoms with Gasteiger partial charge in [0.1, 0.15) is 0 Å². The molecule has 0 spiro atoms. The summed E-state index contributed by atoms with van der Waals surface area (Å²) in [5.41, 5.74) is 1.07.